The monoisotopic (exact) mass is 520 g/mol. The summed E-state index contributed by atoms with van der Waals surface area (Å²) in [6.45, 7) is 6.69. The summed E-state index contributed by atoms with van der Waals surface area (Å²) >= 11 is 0. The van der Waals surface area contributed by atoms with Crippen molar-refractivity contribution in [2.75, 3.05) is 20.2 Å². The van der Waals surface area contributed by atoms with Gasteiger partial charge in [-0.25, -0.2) is 4.79 Å². The van der Waals surface area contributed by atoms with E-state index in [2.05, 4.69) is 0 Å². The predicted octanol–water partition coefficient (Wildman–Crippen LogP) is 5.52. The van der Waals surface area contributed by atoms with Crippen LogP contribution in [0.3, 0.4) is 0 Å². The van der Waals surface area contributed by atoms with E-state index in [1.165, 1.54) is 4.90 Å². The number of carboxylic acids is 1. The Kier molecular flexibility index (Phi) is 8.44. The summed E-state index contributed by atoms with van der Waals surface area (Å²) in [5.41, 5.74) is 2.23. The molecule has 2 aliphatic rings. The quantitative estimate of drug-likeness (QED) is 0.417. The van der Waals surface area contributed by atoms with Crippen LogP contribution in [0.25, 0.3) is 0 Å². The molecule has 2 fully saturated rings. The average molecular weight is 521 g/mol. The normalized spacial score (nSPS) is 22.4. The highest BCUT2D eigenvalue weighted by Crippen LogP contribution is 2.44. The largest absolute Gasteiger partial charge is 0.497 e. The highest BCUT2D eigenvalue weighted by atomic mass is 16.5. The molecule has 0 radical (unpaired) electrons. The van der Waals surface area contributed by atoms with Gasteiger partial charge in [0, 0.05) is 13.1 Å². The first-order valence-corrected chi connectivity index (χ1v) is 13.7. The van der Waals surface area contributed by atoms with Gasteiger partial charge in [-0.15, -0.1) is 0 Å². The average Bonchev–Trinajstić information content (AvgIpc) is 3.08. The Bertz CT molecular complexity index is 1140. The number of amides is 3. The summed E-state index contributed by atoms with van der Waals surface area (Å²) in [6, 6.07) is 15.5. The van der Waals surface area contributed by atoms with E-state index in [0.717, 1.165) is 41.7 Å². The standard InChI is InChI=1S/C31H40N2O5/c1-21(2)20-32-29(36)31(33(30(32)37)17-15-23-9-13-27(38-4)14-10-23)16-5-6-25(19-31)18-24-7-11-26(12-8-24)22(3)28(34)35/h7-14,21-22,25H,5-6,15-20H2,1-4H3,(H,34,35). The number of imide groups is 1. The number of carbonyl (C=O) groups excluding carboxylic acids is 2. The molecular formula is C31H40N2O5. The maximum Gasteiger partial charge on any atom is 0.327 e. The van der Waals surface area contributed by atoms with E-state index in [1.54, 1.807) is 14.0 Å². The van der Waals surface area contributed by atoms with Gasteiger partial charge in [-0.2, -0.15) is 0 Å². The maximum absolute atomic E-state index is 13.9. The van der Waals surface area contributed by atoms with Crippen molar-refractivity contribution in [3.63, 3.8) is 0 Å². The fourth-order valence-electron chi connectivity index (χ4n) is 6.05. The molecule has 3 amide bonds. The molecule has 3 atom stereocenters. The molecule has 1 aliphatic heterocycles. The fourth-order valence-corrected chi connectivity index (χ4v) is 6.05. The highest BCUT2D eigenvalue weighted by Gasteiger charge is 2.58. The molecule has 1 saturated heterocycles. The van der Waals surface area contributed by atoms with Crippen LogP contribution >= 0.6 is 0 Å². The van der Waals surface area contributed by atoms with Crippen LogP contribution in [0.4, 0.5) is 4.79 Å². The fraction of sp³-hybridized carbons (Fsp3) is 0.516. The minimum atomic E-state index is -0.836. The lowest BCUT2D eigenvalue weighted by atomic mass is 9.72. The van der Waals surface area contributed by atoms with Crippen molar-refractivity contribution in [2.45, 2.75) is 70.8 Å². The molecule has 2 aromatic rings. The van der Waals surface area contributed by atoms with Crippen LogP contribution in [0, 0.1) is 11.8 Å². The lowest BCUT2D eigenvalue weighted by molar-refractivity contribution is -0.138. The number of rotatable bonds is 10. The zero-order chi connectivity index (χ0) is 27.4. The number of aliphatic carboxylic acids is 1. The third-order valence-electron chi connectivity index (χ3n) is 8.16. The van der Waals surface area contributed by atoms with Crippen LogP contribution in [0.2, 0.25) is 0 Å². The van der Waals surface area contributed by atoms with Crippen LogP contribution in [0.5, 0.6) is 5.75 Å². The van der Waals surface area contributed by atoms with E-state index in [9.17, 15) is 19.5 Å². The first-order valence-electron chi connectivity index (χ1n) is 13.7. The molecular weight excluding hydrogens is 480 g/mol. The van der Waals surface area contributed by atoms with Gasteiger partial charge in [0.25, 0.3) is 5.91 Å². The molecule has 7 heteroatoms. The van der Waals surface area contributed by atoms with E-state index in [-0.39, 0.29) is 23.8 Å². The lowest BCUT2D eigenvalue weighted by Gasteiger charge is -2.41. The van der Waals surface area contributed by atoms with Gasteiger partial charge in [-0.05, 0) is 79.7 Å². The molecule has 7 nitrogen and oxygen atoms in total. The van der Waals surface area contributed by atoms with Gasteiger partial charge in [-0.3, -0.25) is 14.5 Å². The highest BCUT2D eigenvalue weighted by molar-refractivity contribution is 6.07. The molecule has 1 spiro atoms. The molecule has 2 aromatic carbocycles. The molecule has 1 N–H and O–H groups in total. The summed E-state index contributed by atoms with van der Waals surface area (Å²) in [6.07, 6.45) is 4.73. The van der Waals surface area contributed by atoms with Gasteiger partial charge < -0.3 is 14.7 Å². The van der Waals surface area contributed by atoms with Gasteiger partial charge in [0.05, 0.1) is 13.0 Å². The number of urea groups is 1. The van der Waals surface area contributed by atoms with E-state index in [1.807, 2.05) is 67.3 Å². The van der Waals surface area contributed by atoms with Gasteiger partial charge in [0.15, 0.2) is 0 Å². The maximum atomic E-state index is 13.9. The smallest absolute Gasteiger partial charge is 0.327 e. The van der Waals surface area contributed by atoms with Crippen LogP contribution < -0.4 is 4.74 Å². The van der Waals surface area contributed by atoms with Gasteiger partial charge >= 0.3 is 12.0 Å². The first kappa shape index (κ1) is 27.7. The second-order valence-electron chi connectivity index (χ2n) is 11.3. The van der Waals surface area contributed by atoms with E-state index < -0.39 is 17.4 Å². The van der Waals surface area contributed by atoms with Crippen molar-refractivity contribution in [2.24, 2.45) is 11.8 Å². The minimum Gasteiger partial charge on any atom is -0.497 e. The molecule has 1 heterocycles. The Labute approximate surface area is 225 Å². The topological polar surface area (TPSA) is 87.2 Å². The Morgan fingerprint density at radius 2 is 1.71 bits per heavy atom. The van der Waals surface area contributed by atoms with Crippen molar-refractivity contribution < 1.29 is 24.2 Å². The molecule has 1 aliphatic carbocycles. The summed E-state index contributed by atoms with van der Waals surface area (Å²) in [5.74, 6) is -0.159. The van der Waals surface area contributed by atoms with Crippen LogP contribution in [0.15, 0.2) is 48.5 Å². The number of hydrogen-bond acceptors (Lipinski definition) is 4. The van der Waals surface area contributed by atoms with Crippen molar-refractivity contribution >= 4 is 17.9 Å². The number of nitrogens with zero attached hydrogens (tertiary/aromatic N) is 2. The molecule has 38 heavy (non-hydrogen) atoms. The third kappa shape index (κ3) is 5.71. The predicted molar refractivity (Wildman–Crippen MR) is 146 cm³/mol. The second kappa shape index (κ2) is 11.6. The second-order valence-corrected chi connectivity index (χ2v) is 11.3. The van der Waals surface area contributed by atoms with Gasteiger partial charge in [0.1, 0.15) is 11.3 Å². The van der Waals surface area contributed by atoms with E-state index >= 15 is 0 Å². The number of hydrogen-bond donors (Lipinski definition) is 1. The number of carbonyl (C=O) groups is 3. The van der Waals surface area contributed by atoms with Gasteiger partial charge in [-0.1, -0.05) is 56.7 Å². The van der Waals surface area contributed by atoms with E-state index in [0.29, 0.717) is 32.4 Å². The van der Waals surface area contributed by atoms with Crippen molar-refractivity contribution in [1.29, 1.82) is 0 Å². The van der Waals surface area contributed by atoms with Crippen LogP contribution in [-0.2, 0) is 22.4 Å². The number of methoxy groups -OCH3 is 1. The Morgan fingerprint density at radius 3 is 2.32 bits per heavy atom. The van der Waals surface area contributed by atoms with E-state index in [4.69, 9.17) is 4.74 Å². The molecule has 1 saturated carbocycles. The SMILES string of the molecule is COc1ccc(CCN2C(=O)N(CC(C)C)C(=O)C23CCCC(Cc2ccc(C(C)C(=O)O)cc2)C3)cc1. The zero-order valence-electron chi connectivity index (χ0n) is 23.0. The number of carboxylic acid groups (broad SMARTS) is 1. The molecule has 4 rings (SSSR count). The summed E-state index contributed by atoms with van der Waals surface area (Å²) in [7, 11) is 1.64. The third-order valence-corrected chi connectivity index (χ3v) is 8.16. The summed E-state index contributed by atoms with van der Waals surface area (Å²) in [4.78, 5) is 42.2. The number of ether oxygens (including phenoxy) is 1. The number of benzene rings is 2. The first-order chi connectivity index (χ1) is 18.1. The molecule has 3 unspecified atom stereocenters. The molecule has 0 bridgehead atoms. The Hall–Kier alpha value is -3.35. The van der Waals surface area contributed by atoms with Crippen molar-refractivity contribution in [3.8, 4) is 5.75 Å². The summed E-state index contributed by atoms with van der Waals surface area (Å²) < 4.78 is 5.27. The molecule has 204 valence electrons. The molecule has 0 aromatic heterocycles. The van der Waals surface area contributed by atoms with Crippen LogP contribution in [0.1, 0.15) is 69.1 Å². The lowest BCUT2D eigenvalue weighted by Crippen LogP contribution is -2.53. The zero-order valence-corrected chi connectivity index (χ0v) is 23.0. The van der Waals surface area contributed by atoms with Gasteiger partial charge in [0.2, 0.25) is 0 Å². The van der Waals surface area contributed by atoms with Crippen molar-refractivity contribution in [3.05, 3.63) is 65.2 Å². The van der Waals surface area contributed by atoms with Crippen molar-refractivity contribution in [1.82, 2.24) is 9.80 Å². The Morgan fingerprint density at radius 1 is 1.05 bits per heavy atom. The summed E-state index contributed by atoms with van der Waals surface area (Å²) in [5, 5.41) is 9.30. The Balaban J connectivity index is 1.53. The van der Waals surface area contributed by atoms with Crippen LogP contribution in [-0.4, -0.2) is 58.6 Å². The minimum absolute atomic E-state index is 0.0405.